The average Bonchev–Trinajstić information content (AvgIpc) is 2.54. The summed E-state index contributed by atoms with van der Waals surface area (Å²) >= 11 is 6.43. The highest BCUT2D eigenvalue weighted by molar-refractivity contribution is 6.31. The lowest BCUT2D eigenvalue weighted by atomic mass is 9.77. The summed E-state index contributed by atoms with van der Waals surface area (Å²) in [7, 11) is 3.64. The molecular formula is C21H26ClNO2. The summed E-state index contributed by atoms with van der Waals surface area (Å²) in [4.78, 5) is 2.09. The molecule has 3 nitrogen and oxygen atoms in total. The van der Waals surface area contributed by atoms with Crippen LogP contribution in [0.4, 0.5) is 0 Å². The minimum absolute atomic E-state index is 0.0187. The van der Waals surface area contributed by atoms with Crippen molar-refractivity contribution in [1.82, 2.24) is 4.90 Å². The molecule has 0 fully saturated rings. The zero-order chi connectivity index (χ0) is 18.4. The molecule has 0 aromatic heterocycles. The highest BCUT2D eigenvalue weighted by Gasteiger charge is 2.41. The molecular weight excluding hydrogens is 334 g/mol. The highest BCUT2D eigenvalue weighted by atomic mass is 35.5. The molecule has 4 heteroatoms. The summed E-state index contributed by atoms with van der Waals surface area (Å²) < 4.78 is 5.60. The van der Waals surface area contributed by atoms with Crippen LogP contribution in [0.3, 0.4) is 0 Å². The fourth-order valence-corrected chi connectivity index (χ4v) is 3.87. The van der Waals surface area contributed by atoms with Crippen LogP contribution in [0.25, 0.3) is 0 Å². The van der Waals surface area contributed by atoms with Gasteiger partial charge in [-0.3, -0.25) is 4.90 Å². The first-order valence-corrected chi connectivity index (χ1v) is 8.92. The van der Waals surface area contributed by atoms with Crippen molar-refractivity contribution in [2.75, 3.05) is 20.7 Å². The number of hydrogen-bond donors (Lipinski definition) is 1. The second kappa shape index (κ2) is 6.31. The largest absolute Gasteiger partial charge is 0.496 e. The van der Waals surface area contributed by atoms with E-state index in [2.05, 4.69) is 37.8 Å². The number of hydrogen-bond acceptors (Lipinski definition) is 3. The van der Waals surface area contributed by atoms with Crippen molar-refractivity contribution in [2.24, 2.45) is 0 Å². The van der Waals surface area contributed by atoms with Crippen molar-refractivity contribution in [3.8, 4) is 5.75 Å². The number of nitrogens with zero attached hydrogens (tertiary/aromatic N) is 1. The quantitative estimate of drug-likeness (QED) is 0.866. The molecule has 1 heterocycles. The summed E-state index contributed by atoms with van der Waals surface area (Å²) in [5, 5.41) is 12.5. The Bertz CT molecular complexity index is 797. The maximum atomic E-state index is 11.8. The number of ether oxygens (including phenoxy) is 1. The van der Waals surface area contributed by atoms with E-state index in [1.54, 1.807) is 7.11 Å². The minimum atomic E-state index is -1.17. The van der Waals surface area contributed by atoms with Crippen LogP contribution in [0.1, 0.15) is 43.0 Å². The van der Waals surface area contributed by atoms with Gasteiger partial charge in [-0.2, -0.15) is 0 Å². The number of likely N-dealkylation sites (N-methyl/N-ethyl adjacent to an activating group) is 1. The zero-order valence-corrected chi connectivity index (χ0v) is 16.3. The summed E-state index contributed by atoms with van der Waals surface area (Å²) in [5.41, 5.74) is 2.60. The summed E-state index contributed by atoms with van der Waals surface area (Å²) in [6.07, 6.45) is 0. The number of rotatable bonds is 2. The fraction of sp³-hybridized carbons (Fsp3) is 0.429. The number of methoxy groups -OCH3 is 1. The standard InChI is InChI=1S/C21H26ClNO2/c1-20(2,3)14-9-10-19(25-5)17(11-14)21(24)13-23(4)12-15-16(21)7-6-8-18(15)22/h6-11,24H,12-13H2,1-5H3. The third-order valence-corrected chi connectivity index (χ3v) is 5.36. The highest BCUT2D eigenvalue weighted by Crippen LogP contribution is 2.43. The molecule has 1 aliphatic rings. The van der Waals surface area contributed by atoms with E-state index in [-0.39, 0.29) is 5.41 Å². The van der Waals surface area contributed by atoms with E-state index in [0.29, 0.717) is 17.3 Å². The van der Waals surface area contributed by atoms with Crippen LogP contribution < -0.4 is 4.74 Å². The van der Waals surface area contributed by atoms with Crippen LogP contribution in [0.15, 0.2) is 36.4 Å². The van der Waals surface area contributed by atoms with Gasteiger partial charge in [-0.1, -0.05) is 50.6 Å². The third kappa shape index (κ3) is 3.17. The molecule has 1 atom stereocenters. The van der Waals surface area contributed by atoms with Gasteiger partial charge in [0.15, 0.2) is 0 Å². The molecule has 3 rings (SSSR count). The van der Waals surface area contributed by atoms with Crippen molar-refractivity contribution < 1.29 is 9.84 Å². The number of β-amino-alcohol motifs (C(OH)–C–C–N with tert-alkyl or cyclic N) is 1. The van der Waals surface area contributed by atoms with E-state index in [9.17, 15) is 5.11 Å². The first-order chi connectivity index (χ1) is 11.7. The molecule has 2 aromatic carbocycles. The summed E-state index contributed by atoms with van der Waals surface area (Å²) in [6, 6.07) is 11.8. The van der Waals surface area contributed by atoms with Crippen LogP contribution in [0.5, 0.6) is 5.75 Å². The Labute approximate surface area is 155 Å². The molecule has 0 spiro atoms. The molecule has 1 N–H and O–H groups in total. The monoisotopic (exact) mass is 359 g/mol. The van der Waals surface area contributed by atoms with Gasteiger partial charge in [0, 0.05) is 23.7 Å². The molecule has 25 heavy (non-hydrogen) atoms. The molecule has 1 aliphatic heterocycles. The maximum absolute atomic E-state index is 11.8. The first-order valence-electron chi connectivity index (χ1n) is 8.54. The lowest BCUT2D eigenvalue weighted by molar-refractivity contribution is 0.0262. The summed E-state index contributed by atoms with van der Waals surface area (Å²) in [5.74, 6) is 0.691. The molecule has 0 saturated carbocycles. The van der Waals surface area contributed by atoms with E-state index in [4.69, 9.17) is 16.3 Å². The Hall–Kier alpha value is -1.55. The van der Waals surface area contributed by atoms with Crippen LogP contribution in [0.2, 0.25) is 5.02 Å². The molecule has 0 aliphatic carbocycles. The van der Waals surface area contributed by atoms with E-state index in [1.165, 1.54) is 0 Å². The van der Waals surface area contributed by atoms with Gasteiger partial charge in [-0.05, 0) is 47.4 Å². The van der Waals surface area contributed by atoms with Crippen molar-refractivity contribution in [3.05, 3.63) is 63.7 Å². The normalized spacial score (nSPS) is 21.1. The Morgan fingerprint density at radius 3 is 2.52 bits per heavy atom. The number of aliphatic hydroxyl groups is 1. The van der Waals surface area contributed by atoms with Crippen molar-refractivity contribution in [2.45, 2.75) is 38.3 Å². The fourth-order valence-electron chi connectivity index (χ4n) is 3.64. The zero-order valence-electron chi connectivity index (χ0n) is 15.6. The van der Waals surface area contributed by atoms with Gasteiger partial charge < -0.3 is 9.84 Å². The van der Waals surface area contributed by atoms with Gasteiger partial charge in [0.25, 0.3) is 0 Å². The SMILES string of the molecule is COc1ccc(C(C)(C)C)cc1C1(O)CN(C)Cc2c(Cl)cccc21. The summed E-state index contributed by atoms with van der Waals surface area (Å²) in [6.45, 7) is 7.71. The third-order valence-electron chi connectivity index (χ3n) is 5.00. The van der Waals surface area contributed by atoms with Gasteiger partial charge in [-0.25, -0.2) is 0 Å². The topological polar surface area (TPSA) is 32.7 Å². The van der Waals surface area contributed by atoms with Gasteiger partial charge in [0.2, 0.25) is 0 Å². The van der Waals surface area contributed by atoms with Gasteiger partial charge in [0.1, 0.15) is 11.4 Å². The van der Waals surface area contributed by atoms with Crippen molar-refractivity contribution >= 4 is 11.6 Å². The number of benzene rings is 2. The second-order valence-corrected chi connectivity index (χ2v) is 8.37. The molecule has 0 bridgehead atoms. The van der Waals surface area contributed by atoms with Gasteiger partial charge >= 0.3 is 0 Å². The number of fused-ring (bicyclic) bond motifs is 1. The molecule has 0 saturated heterocycles. The average molecular weight is 360 g/mol. The van der Waals surface area contributed by atoms with Crippen LogP contribution in [-0.4, -0.2) is 30.7 Å². The van der Waals surface area contributed by atoms with Gasteiger partial charge in [0.05, 0.1) is 7.11 Å². The minimum Gasteiger partial charge on any atom is -0.496 e. The predicted molar refractivity (Wildman–Crippen MR) is 102 cm³/mol. The Morgan fingerprint density at radius 2 is 1.88 bits per heavy atom. The van der Waals surface area contributed by atoms with Crippen molar-refractivity contribution in [1.29, 1.82) is 0 Å². The second-order valence-electron chi connectivity index (χ2n) is 7.96. The van der Waals surface area contributed by atoms with E-state index >= 15 is 0 Å². The lowest BCUT2D eigenvalue weighted by Gasteiger charge is -2.41. The van der Waals surface area contributed by atoms with Gasteiger partial charge in [-0.15, -0.1) is 0 Å². The van der Waals surface area contributed by atoms with E-state index < -0.39 is 5.60 Å². The van der Waals surface area contributed by atoms with E-state index in [0.717, 1.165) is 28.8 Å². The molecule has 1 unspecified atom stereocenters. The Balaban J connectivity index is 2.27. The Morgan fingerprint density at radius 1 is 1.16 bits per heavy atom. The molecule has 134 valence electrons. The number of halogens is 1. The molecule has 0 amide bonds. The van der Waals surface area contributed by atoms with Crippen LogP contribution >= 0.6 is 11.6 Å². The maximum Gasteiger partial charge on any atom is 0.131 e. The predicted octanol–water partition coefficient (Wildman–Crippen LogP) is 4.33. The van der Waals surface area contributed by atoms with Crippen LogP contribution in [-0.2, 0) is 17.6 Å². The lowest BCUT2D eigenvalue weighted by Crippen LogP contribution is -2.45. The Kier molecular flexibility index (Phi) is 4.61. The molecule has 2 aromatic rings. The van der Waals surface area contributed by atoms with Crippen LogP contribution in [0, 0.1) is 0 Å². The smallest absolute Gasteiger partial charge is 0.131 e. The van der Waals surface area contributed by atoms with Crippen molar-refractivity contribution in [3.63, 3.8) is 0 Å². The molecule has 0 radical (unpaired) electrons. The van der Waals surface area contributed by atoms with E-state index in [1.807, 2.05) is 31.3 Å². The first kappa shape index (κ1) is 18.2.